The van der Waals surface area contributed by atoms with Gasteiger partial charge in [-0.2, -0.15) is 13.2 Å². The van der Waals surface area contributed by atoms with Gasteiger partial charge in [-0.15, -0.1) is 0 Å². The van der Waals surface area contributed by atoms with E-state index >= 15 is 0 Å². The summed E-state index contributed by atoms with van der Waals surface area (Å²) in [5, 5.41) is 15.0. The molecule has 1 heterocycles. The second-order valence-corrected chi connectivity index (χ2v) is 5.43. The molecular weight excluding hydrogens is 285 g/mol. The lowest BCUT2D eigenvalue weighted by atomic mass is 9.87. The van der Waals surface area contributed by atoms with Crippen LogP contribution in [-0.4, -0.2) is 35.3 Å². The standard InChI is InChI=1S/C13H19F3N4O/c1-17-9-6-10(20-11(19-9)13(14,15)16)18-7-12(8-21)4-2-3-5-12/h6,21H,2-5,7-8H2,1H3,(H2,17,18,19,20). The molecule has 21 heavy (non-hydrogen) atoms. The lowest BCUT2D eigenvalue weighted by Crippen LogP contribution is -2.31. The molecule has 0 saturated heterocycles. The zero-order valence-electron chi connectivity index (χ0n) is 11.8. The van der Waals surface area contributed by atoms with Gasteiger partial charge in [-0.05, 0) is 12.8 Å². The Labute approximate surface area is 121 Å². The Hall–Kier alpha value is -1.57. The van der Waals surface area contributed by atoms with Gasteiger partial charge in [0.05, 0.1) is 6.61 Å². The fraction of sp³-hybridized carbons (Fsp3) is 0.692. The van der Waals surface area contributed by atoms with E-state index < -0.39 is 12.0 Å². The molecule has 0 aliphatic heterocycles. The van der Waals surface area contributed by atoms with E-state index in [0.29, 0.717) is 6.54 Å². The largest absolute Gasteiger partial charge is 0.451 e. The van der Waals surface area contributed by atoms with Crippen LogP contribution in [0, 0.1) is 5.41 Å². The Morgan fingerprint density at radius 3 is 2.38 bits per heavy atom. The summed E-state index contributed by atoms with van der Waals surface area (Å²) < 4.78 is 38.2. The molecule has 0 amide bonds. The number of nitrogens with one attached hydrogen (secondary N) is 2. The van der Waals surface area contributed by atoms with Crippen LogP contribution in [0.15, 0.2) is 6.07 Å². The number of aromatic nitrogens is 2. The van der Waals surface area contributed by atoms with Gasteiger partial charge < -0.3 is 15.7 Å². The summed E-state index contributed by atoms with van der Waals surface area (Å²) in [6.45, 7) is 0.428. The average molecular weight is 304 g/mol. The van der Waals surface area contributed by atoms with Crippen molar-refractivity contribution in [1.82, 2.24) is 9.97 Å². The van der Waals surface area contributed by atoms with Crippen LogP contribution < -0.4 is 10.6 Å². The van der Waals surface area contributed by atoms with Crippen LogP contribution >= 0.6 is 0 Å². The van der Waals surface area contributed by atoms with Gasteiger partial charge in [0, 0.05) is 25.1 Å². The van der Waals surface area contributed by atoms with Crippen molar-refractivity contribution in [1.29, 1.82) is 0 Å². The summed E-state index contributed by atoms with van der Waals surface area (Å²) in [6.07, 6.45) is -0.798. The third-order valence-corrected chi connectivity index (χ3v) is 3.88. The molecule has 5 nitrogen and oxygen atoms in total. The van der Waals surface area contributed by atoms with Crippen molar-refractivity contribution in [2.75, 3.05) is 30.8 Å². The normalized spacial score (nSPS) is 17.8. The first-order valence-electron chi connectivity index (χ1n) is 6.87. The van der Waals surface area contributed by atoms with Crippen molar-refractivity contribution in [3.05, 3.63) is 11.9 Å². The topological polar surface area (TPSA) is 70.1 Å². The average Bonchev–Trinajstić information content (AvgIpc) is 2.93. The molecule has 0 aromatic carbocycles. The second-order valence-electron chi connectivity index (χ2n) is 5.43. The Balaban J connectivity index is 2.15. The Kier molecular flexibility index (Phi) is 4.55. The highest BCUT2D eigenvalue weighted by Gasteiger charge is 2.36. The Bertz CT molecular complexity index is 487. The molecule has 2 rings (SSSR count). The number of hydrogen-bond acceptors (Lipinski definition) is 5. The molecule has 3 N–H and O–H groups in total. The molecule has 0 bridgehead atoms. The Morgan fingerprint density at radius 1 is 1.24 bits per heavy atom. The fourth-order valence-corrected chi connectivity index (χ4v) is 2.59. The number of anilines is 2. The highest BCUT2D eigenvalue weighted by molar-refractivity contribution is 5.47. The maximum atomic E-state index is 12.7. The van der Waals surface area contributed by atoms with E-state index in [1.54, 1.807) is 0 Å². The van der Waals surface area contributed by atoms with Crippen LogP contribution in [0.5, 0.6) is 0 Å². The van der Waals surface area contributed by atoms with Gasteiger partial charge in [0.1, 0.15) is 11.6 Å². The Morgan fingerprint density at radius 2 is 1.86 bits per heavy atom. The molecule has 0 atom stereocenters. The minimum atomic E-state index is -4.59. The number of hydrogen-bond donors (Lipinski definition) is 3. The summed E-state index contributed by atoms with van der Waals surface area (Å²) in [4.78, 5) is 6.91. The van der Waals surface area contributed by atoms with Crippen molar-refractivity contribution < 1.29 is 18.3 Å². The smallest absolute Gasteiger partial charge is 0.396 e. The van der Waals surface area contributed by atoms with Crippen LogP contribution in [0.1, 0.15) is 31.5 Å². The van der Waals surface area contributed by atoms with Gasteiger partial charge >= 0.3 is 6.18 Å². The monoisotopic (exact) mass is 304 g/mol. The quantitative estimate of drug-likeness (QED) is 0.780. The molecule has 1 saturated carbocycles. The van der Waals surface area contributed by atoms with Crippen LogP contribution in [0.4, 0.5) is 24.8 Å². The fourth-order valence-electron chi connectivity index (χ4n) is 2.59. The summed E-state index contributed by atoms with van der Waals surface area (Å²) in [6, 6.07) is 1.43. The maximum Gasteiger partial charge on any atom is 0.451 e. The molecule has 0 spiro atoms. The molecule has 1 fully saturated rings. The van der Waals surface area contributed by atoms with Gasteiger partial charge in [-0.3, -0.25) is 0 Å². The first-order chi connectivity index (χ1) is 9.88. The van der Waals surface area contributed by atoms with Gasteiger partial charge in [0.2, 0.25) is 5.82 Å². The van der Waals surface area contributed by atoms with Crippen LogP contribution in [-0.2, 0) is 6.18 Å². The van der Waals surface area contributed by atoms with Crippen LogP contribution in [0.25, 0.3) is 0 Å². The molecule has 1 aromatic rings. The molecule has 0 radical (unpaired) electrons. The highest BCUT2D eigenvalue weighted by atomic mass is 19.4. The SMILES string of the molecule is CNc1cc(NCC2(CO)CCCC2)nc(C(F)(F)F)n1. The van der Waals surface area contributed by atoms with Crippen LogP contribution in [0.3, 0.4) is 0 Å². The lowest BCUT2D eigenvalue weighted by molar-refractivity contribution is -0.144. The summed E-state index contributed by atoms with van der Waals surface area (Å²) in [5.74, 6) is -0.966. The molecule has 118 valence electrons. The number of alkyl halides is 3. The van der Waals surface area contributed by atoms with E-state index in [1.165, 1.54) is 13.1 Å². The van der Waals surface area contributed by atoms with E-state index in [1.807, 2.05) is 0 Å². The van der Waals surface area contributed by atoms with Crippen molar-refractivity contribution in [3.8, 4) is 0 Å². The number of nitrogens with zero attached hydrogens (tertiary/aromatic N) is 2. The second kappa shape index (κ2) is 6.05. The lowest BCUT2D eigenvalue weighted by Gasteiger charge is -2.27. The minimum Gasteiger partial charge on any atom is -0.396 e. The summed E-state index contributed by atoms with van der Waals surface area (Å²) in [7, 11) is 1.50. The first-order valence-corrected chi connectivity index (χ1v) is 6.87. The van der Waals surface area contributed by atoms with Crippen LogP contribution in [0.2, 0.25) is 0 Å². The van der Waals surface area contributed by atoms with E-state index in [-0.39, 0.29) is 23.7 Å². The van der Waals surface area contributed by atoms with Gasteiger partial charge in [0.25, 0.3) is 0 Å². The number of aliphatic hydroxyl groups is 1. The molecule has 1 aromatic heterocycles. The van der Waals surface area contributed by atoms with E-state index in [4.69, 9.17) is 0 Å². The molecule has 8 heteroatoms. The zero-order chi connectivity index (χ0) is 15.5. The zero-order valence-corrected chi connectivity index (χ0v) is 11.8. The van der Waals surface area contributed by atoms with E-state index in [0.717, 1.165) is 25.7 Å². The van der Waals surface area contributed by atoms with Crippen molar-refractivity contribution in [2.24, 2.45) is 5.41 Å². The van der Waals surface area contributed by atoms with Gasteiger partial charge in [0.15, 0.2) is 0 Å². The van der Waals surface area contributed by atoms with E-state index in [2.05, 4.69) is 20.6 Å². The van der Waals surface area contributed by atoms with Crippen molar-refractivity contribution >= 4 is 11.6 Å². The summed E-state index contributed by atoms with van der Waals surface area (Å²) >= 11 is 0. The molecule has 1 aliphatic carbocycles. The van der Waals surface area contributed by atoms with Crippen molar-refractivity contribution in [3.63, 3.8) is 0 Å². The van der Waals surface area contributed by atoms with E-state index in [9.17, 15) is 18.3 Å². The first kappa shape index (κ1) is 15.8. The maximum absolute atomic E-state index is 12.7. The van der Waals surface area contributed by atoms with Gasteiger partial charge in [-0.25, -0.2) is 9.97 Å². The number of halogens is 3. The van der Waals surface area contributed by atoms with Gasteiger partial charge in [-0.1, -0.05) is 12.8 Å². The molecular formula is C13H19F3N4O. The highest BCUT2D eigenvalue weighted by Crippen LogP contribution is 2.37. The predicted octanol–water partition coefficient (Wildman–Crippen LogP) is 2.50. The third-order valence-electron chi connectivity index (χ3n) is 3.88. The van der Waals surface area contributed by atoms with Crippen molar-refractivity contribution in [2.45, 2.75) is 31.9 Å². The molecule has 1 aliphatic rings. The third kappa shape index (κ3) is 3.75. The molecule has 0 unspecified atom stereocenters. The number of rotatable bonds is 5. The summed E-state index contributed by atoms with van der Waals surface area (Å²) in [5.41, 5.74) is -0.261. The minimum absolute atomic E-state index is 0.0239. The predicted molar refractivity (Wildman–Crippen MR) is 73.1 cm³/mol. The number of aliphatic hydroxyl groups excluding tert-OH is 1.